The van der Waals surface area contributed by atoms with Gasteiger partial charge in [-0.25, -0.2) is 44.9 Å². The van der Waals surface area contributed by atoms with E-state index in [-0.39, 0.29) is 7.43 Å². The highest BCUT2D eigenvalue weighted by Crippen LogP contribution is 2.48. The van der Waals surface area contributed by atoms with Gasteiger partial charge in [0.2, 0.25) is 0 Å². The lowest BCUT2D eigenvalue weighted by atomic mass is 9.96. The van der Waals surface area contributed by atoms with Crippen LogP contribution in [-0.4, -0.2) is 44.9 Å². The van der Waals surface area contributed by atoms with Crippen LogP contribution in [0.1, 0.15) is 8.80 Å². The molecule has 13 heteroatoms. The van der Waals surface area contributed by atoms with Crippen LogP contribution in [0.3, 0.4) is 0 Å². The molecule has 0 aliphatic carbocycles. The largest absolute Gasteiger partial charge is 0.456 e. The van der Waals surface area contributed by atoms with Crippen molar-refractivity contribution in [3.63, 3.8) is 0 Å². The topological polar surface area (TPSA) is 169 Å². The average Bonchev–Trinajstić information content (AvgIpc) is 1.59. The van der Waals surface area contributed by atoms with Crippen molar-refractivity contribution in [2.45, 2.75) is 7.43 Å². The van der Waals surface area contributed by atoms with E-state index in [0.29, 0.717) is 58.5 Å². The fourth-order valence-corrected chi connectivity index (χ4v) is 19.9. The maximum atomic E-state index is 7.97. The summed E-state index contributed by atoms with van der Waals surface area (Å²) in [5.41, 5.74) is 32.3. The van der Waals surface area contributed by atoms with Gasteiger partial charge in [0.05, 0.1) is 1.37 Å². The van der Waals surface area contributed by atoms with Gasteiger partial charge in [-0.3, -0.25) is 0 Å². The predicted molar refractivity (Wildman–Crippen MR) is 608 cm³/mol. The molecule has 13 nitrogen and oxygen atoms in total. The molecule has 0 aliphatic rings. The number of rotatable bonds is 17. The van der Waals surface area contributed by atoms with Crippen molar-refractivity contribution in [3.8, 4) is 192 Å². The van der Waals surface area contributed by atoms with E-state index >= 15 is 0 Å². The molecule has 0 fully saturated rings. The minimum Gasteiger partial charge on any atom is -0.456 e. The van der Waals surface area contributed by atoms with Crippen LogP contribution < -0.4 is 0 Å². The molecular weight excluding hydrogens is 1820 g/mol. The Bertz CT molecular complexity index is 9740. The number of benzene rings is 21. The molecule has 28 aromatic rings. The van der Waals surface area contributed by atoms with Crippen molar-refractivity contribution in [1.29, 1.82) is 0 Å². The molecule has 0 bridgehead atoms. The second-order valence-electron chi connectivity index (χ2n) is 36.4. The van der Waals surface area contributed by atoms with Crippen molar-refractivity contribution < 1.29 is 19.0 Å². The van der Waals surface area contributed by atoms with Gasteiger partial charge in [-0.2, -0.15) is 0 Å². The van der Waals surface area contributed by atoms with Gasteiger partial charge in [0.1, 0.15) is 44.7 Å². The van der Waals surface area contributed by atoms with Crippen molar-refractivity contribution in [2.75, 3.05) is 0 Å². The number of para-hydroxylation sites is 1. The van der Waals surface area contributed by atoms with E-state index in [1.165, 1.54) is 11.1 Å². The molecule has 0 radical (unpaired) electrons. The predicted octanol–water partition coefficient (Wildman–Crippen LogP) is 36.2. The van der Waals surface area contributed by atoms with Crippen LogP contribution in [0.4, 0.5) is 0 Å². The summed E-state index contributed by atoms with van der Waals surface area (Å²) < 4.78 is 33.9. The summed E-state index contributed by atoms with van der Waals surface area (Å²) in [5, 5.41) is 7.91. The maximum Gasteiger partial charge on any atom is 0.164 e. The molecule has 702 valence electrons. The Morgan fingerprint density at radius 2 is 0.383 bits per heavy atom. The average molecular weight is 1910 g/mol. The van der Waals surface area contributed by atoms with Gasteiger partial charge in [0.15, 0.2) is 52.4 Å². The second-order valence-corrected chi connectivity index (χ2v) is 36.4. The maximum absolute atomic E-state index is 7.97. The lowest BCUT2D eigenvalue weighted by Crippen LogP contribution is -2.00. The van der Waals surface area contributed by atoms with Crippen LogP contribution in [0.15, 0.2) is 533 Å². The van der Waals surface area contributed by atoms with Gasteiger partial charge in [-0.15, -0.1) is 0 Å². The Hall–Kier alpha value is -20.2. The van der Waals surface area contributed by atoms with E-state index in [1.54, 1.807) is 6.07 Å². The third kappa shape index (κ3) is 17.8. The minimum atomic E-state index is 0. The molecule has 0 saturated heterocycles. The highest BCUT2D eigenvalue weighted by molar-refractivity contribution is 6.19. The molecule has 7 heterocycles. The lowest BCUT2D eigenvalue weighted by molar-refractivity contribution is 0.668. The summed E-state index contributed by atoms with van der Waals surface area (Å²) in [4.78, 5) is 45.6. The zero-order chi connectivity index (χ0) is 99.0. The minimum absolute atomic E-state index is 0. The summed E-state index contributed by atoms with van der Waals surface area (Å²) in [5.74, 6) is 5.40. The molecule has 0 N–H and O–H groups in total. The number of hydrogen-bond donors (Lipinski definition) is 0. The Balaban J connectivity index is 0.000000117. The molecule has 0 spiro atoms. The zero-order valence-corrected chi connectivity index (χ0v) is 79.7. The van der Waals surface area contributed by atoms with Crippen LogP contribution in [0, 0.1) is 0 Å². The van der Waals surface area contributed by atoms with E-state index < -0.39 is 0 Å². The van der Waals surface area contributed by atoms with E-state index in [4.69, 9.17) is 63.9 Å². The smallest absolute Gasteiger partial charge is 0.164 e. The van der Waals surface area contributed by atoms with Gasteiger partial charge in [-0.1, -0.05) is 444 Å². The monoisotopic (exact) mass is 1910 g/mol. The normalized spacial score (nSPS) is 11.4. The van der Waals surface area contributed by atoms with Crippen molar-refractivity contribution >= 4 is 87.8 Å². The number of nitrogens with zero attached hydrogens (tertiary/aromatic N) is 9. The third-order valence-electron chi connectivity index (χ3n) is 27.2. The highest BCUT2D eigenvalue weighted by Gasteiger charge is 2.27. The van der Waals surface area contributed by atoms with Crippen LogP contribution >= 0.6 is 0 Å². The van der Waals surface area contributed by atoms with E-state index in [0.717, 1.165) is 216 Å². The molecule has 0 aliphatic heterocycles. The molecule has 0 saturated carbocycles. The number of aromatic nitrogens is 9. The Labute approximate surface area is 860 Å². The Kier molecular flexibility index (Phi) is 23.7. The molecule has 28 rings (SSSR count). The van der Waals surface area contributed by atoms with Crippen molar-refractivity contribution in [2.24, 2.45) is 0 Å². The van der Waals surface area contributed by atoms with Crippen LogP contribution in [-0.2, 0) is 0 Å². The summed E-state index contributed by atoms with van der Waals surface area (Å²) in [6.45, 7) is 0. The van der Waals surface area contributed by atoms with Crippen molar-refractivity contribution in [3.05, 3.63) is 516 Å². The molecule has 7 aromatic heterocycles. The third-order valence-corrected chi connectivity index (χ3v) is 27.2. The van der Waals surface area contributed by atoms with E-state index in [1.807, 2.05) is 255 Å². The van der Waals surface area contributed by atoms with Gasteiger partial charge in [0, 0.05) is 98.7 Å². The van der Waals surface area contributed by atoms with Crippen LogP contribution in [0.2, 0.25) is 0 Å². The standard InChI is InChI=1S/C51H31N3O2.C45H29N3O.C39H25N3O.CH4/c1-3-11-32(12-4-1)33-21-23-34(24-22-33)35-25-27-36(28-26-35)38-29-30-44-42(31-38)48-41(17-10-20-46(48)56-44)51-53-49(37-13-5-2-6-14-37)52-50(54-51)40-16-9-19-45-47(40)39-15-7-8-18-43(39)55-45;1-5-13-30(14-6-1)31-21-23-32(24-22-31)36-25-28-40-39(29-36)41-38(27-26-37(42(41)49-40)33-15-7-2-8-16-33)45-47-43(34-17-9-3-10-18-34)46-44(48-45)35-19-11-4-12-20-35;1-5-13-26(14-6-1)30-21-22-34-32(23-30)36-33(24-31(25-35(36)43-34)27-15-7-2-8-16-27)39-41-37(28-17-9-3-10-18-28)40-38(42-39)29-19-11-4-12-20-29;/h1-31H;1-29H;1-25H;1H4/i3D;;;. The molecule has 149 heavy (non-hydrogen) atoms. The molecule has 21 aromatic carbocycles. The number of furan rings is 4. The fraction of sp³-hybridized carbons (Fsp3) is 0.00735. The summed E-state index contributed by atoms with van der Waals surface area (Å²) >= 11 is 0. The fourth-order valence-electron chi connectivity index (χ4n) is 19.9. The molecule has 0 atom stereocenters. The highest BCUT2D eigenvalue weighted by atomic mass is 16.3. The first kappa shape index (κ1) is 89.0. The molecular formula is C136H89N9O4. The summed E-state index contributed by atoms with van der Waals surface area (Å²) in [7, 11) is 0. The van der Waals surface area contributed by atoms with Crippen LogP contribution in [0.5, 0.6) is 0 Å². The lowest BCUT2D eigenvalue weighted by Gasteiger charge is -2.11. The van der Waals surface area contributed by atoms with Gasteiger partial charge in [0.25, 0.3) is 0 Å². The SMILES string of the molecule is C.[2H]c1cccc(-c2ccc(-c3ccc(-c4ccc5oc6cccc(-c7nc(-c8ccccc8)nc(-c8cccc9oc%10ccccc%10c89)n7)c6c5c4)cc3)cc2)c1.c1ccc(-c2cc(-c3nc(-c4ccccc4)nc(-c4ccccc4)n3)c3c(c2)oc2ccc(-c4ccccc4)cc23)cc1.c1ccc(-c2ccc(-c3ccc4oc5c(-c6ccccc6)ccc(-c6nc(-c7ccccc7)nc(-c7ccccc7)n6)c5c4c3)cc2)cc1. The number of hydrogen-bond acceptors (Lipinski definition) is 13. The van der Waals surface area contributed by atoms with Crippen molar-refractivity contribution in [1.82, 2.24) is 44.9 Å². The van der Waals surface area contributed by atoms with Gasteiger partial charge in [-0.05, 0) is 162 Å². The number of fused-ring (bicyclic) bond motifs is 12. The molecule has 0 amide bonds. The Morgan fingerprint density at radius 3 is 0.779 bits per heavy atom. The van der Waals surface area contributed by atoms with Gasteiger partial charge < -0.3 is 17.7 Å². The molecule has 0 unspecified atom stereocenters. The first-order chi connectivity index (χ1) is 73.7. The first-order valence-corrected chi connectivity index (χ1v) is 49.2. The first-order valence-electron chi connectivity index (χ1n) is 49.7. The van der Waals surface area contributed by atoms with Crippen LogP contribution in [0.25, 0.3) is 279 Å². The zero-order valence-electron chi connectivity index (χ0n) is 80.7. The quantitative estimate of drug-likeness (QED) is 0.0845. The second kappa shape index (κ2) is 39.6. The van der Waals surface area contributed by atoms with E-state index in [9.17, 15) is 0 Å². The summed E-state index contributed by atoms with van der Waals surface area (Å²) in [6, 6.07) is 174. The van der Waals surface area contributed by atoms with E-state index in [2.05, 4.69) is 249 Å². The Morgan fingerprint density at radius 1 is 0.134 bits per heavy atom. The van der Waals surface area contributed by atoms with Gasteiger partial charge >= 0.3 is 0 Å². The summed E-state index contributed by atoms with van der Waals surface area (Å²) in [6.07, 6.45) is 0.